The van der Waals surface area contributed by atoms with Crippen LogP contribution < -0.4 is 21.2 Å². The summed E-state index contributed by atoms with van der Waals surface area (Å²) < 4.78 is 2.45. The van der Waals surface area contributed by atoms with E-state index < -0.39 is 0 Å². The van der Waals surface area contributed by atoms with Crippen LogP contribution in [0.5, 0.6) is 0 Å². The standard InChI is InChI=1S/C10H18I/c1-2-9-6-8-4-3-5-10(7-8)11-9/h8-10H,2-7H2,1H3/q-1. The Morgan fingerprint density at radius 2 is 2.18 bits per heavy atom. The summed E-state index contributed by atoms with van der Waals surface area (Å²) in [6, 6.07) is 0. The zero-order valence-electron chi connectivity index (χ0n) is 7.35. The van der Waals surface area contributed by atoms with Gasteiger partial charge in [0.05, 0.1) is 0 Å². The summed E-state index contributed by atoms with van der Waals surface area (Å²) in [5.41, 5.74) is 0. The first-order valence-corrected chi connectivity index (χ1v) is 7.49. The van der Waals surface area contributed by atoms with Crippen molar-refractivity contribution < 1.29 is 21.2 Å². The van der Waals surface area contributed by atoms with Gasteiger partial charge in [-0.1, -0.05) is 0 Å². The van der Waals surface area contributed by atoms with E-state index in [1.807, 2.05) is 0 Å². The van der Waals surface area contributed by atoms with E-state index in [1.54, 1.807) is 32.1 Å². The van der Waals surface area contributed by atoms with Crippen LogP contribution in [0.25, 0.3) is 0 Å². The van der Waals surface area contributed by atoms with Crippen molar-refractivity contribution in [3.05, 3.63) is 0 Å². The Morgan fingerprint density at radius 1 is 1.27 bits per heavy atom. The Bertz CT molecular complexity index is 121. The molecule has 11 heavy (non-hydrogen) atoms. The van der Waals surface area contributed by atoms with Gasteiger partial charge in [-0.15, -0.1) is 0 Å². The van der Waals surface area contributed by atoms with Crippen molar-refractivity contribution >= 4 is 0 Å². The van der Waals surface area contributed by atoms with Crippen LogP contribution in [0.4, 0.5) is 0 Å². The average molecular weight is 265 g/mol. The molecule has 1 aliphatic heterocycles. The molecule has 2 rings (SSSR count). The van der Waals surface area contributed by atoms with Crippen LogP contribution >= 0.6 is 0 Å². The maximum absolute atomic E-state index is 2.39. The van der Waals surface area contributed by atoms with E-state index in [2.05, 4.69) is 6.92 Å². The summed E-state index contributed by atoms with van der Waals surface area (Å²) in [7, 11) is 0. The van der Waals surface area contributed by atoms with Gasteiger partial charge in [-0.3, -0.25) is 0 Å². The van der Waals surface area contributed by atoms with E-state index >= 15 is 0 Å². The average Bonchev–Trinajstić information content (AvgIpc) is 2.03. The molecule has 3 atom stereocenters. The molecular weight excluding hydrogens is 247 g/mol. The van der Waals surface area contributed by atoms with E-state index in [4.69, 9.17) is 0 Å². The number of alkyl halides is 2. The van der Waals surface area contributed by atoms with Crippen LogP contribution in [0, 0.1) is 5.92 Å². The quantitative estimate of drug-likeness (QED) is 0.455. The van der Waals surface area contributed by atoms with Crippen molar-refractivity contribution in [2.24, 2.45) is 5.92 Å². The molecule has 0 amide bonds. The van der Waals surface area contributed by atoms with E-state index in [-0.39, 0.29) is 0 Å². The number of halogens is 1. The minimum atomic E-state index is 0.607. The second-order valence-corrected chi connectivity index (χ2v) is 8.24. The van der Waals surface area contributed by atoms with Crippen LogP contribution in [0.2, 0.25) is 0 Å². The monoisotopic (exact) mass is 265 g/mol. The van der Waals surface area contributed by atoms with Crippen molar-refractivity contribution in [1.82, 2.24) is 0 Å². The first kappa shape index (κ1) is 8.33. The van der Waals surface area contributed by atoms with Gasteiger partial charge in [0.2, 0.25) is 0 Å². The van der Waals surface area contributed by atoms with Crippen molar-refractivity contribution in [3.8, 4) is 0 Å². The van der Waals surface area contributed by atoms with Crippen molar-refractivity contribution in [1.29, 1.82) is 0 Å². The molecule has 1 saturated heterocycles. The molecule has 0 N–H and O–H groups in total. The fourth-order valence-corrected chi connectivity index (χ4v) is 7.25. The fourth-order valence-electron chi connectivity index (χ4n) is 2.47. The Labute approximate surface area is 80.4 Å². The second kappa shape index (κ2) is 3.63. The molecule has 0 aromatic carbocycles. The summed E-state index contributed by atoms with van der Waals surface area (Å²) in [6.07, 6.45) is 9.45. The van der Waals surface area contributed by atoms with Crippen molar-refractivity contribution in [3.63, 3.8) is 0 Å². The minimum absolute atomic E-state index is 0.607. The predicted molar refractivity (Wildman–Crippen MR) is 44.4 cm³/mol. The van der Waals surface area contributed by atoms with Gasteiger partial charge in [-0.05, 0) is 0 Å². The summed E-state index contributed by atoms with van der Waals surface area (Å²) in [5, 5.41) is 0. The molecule has 0 aromatic rings. The van der Waals surface area contributed by atoms with Gasteiger partial charge in [0.25, 0.3) is 0 Å². The molecule has 1 heterocycles. The molecule has 1 aliphatic carbocycles. The summed E-state index contributed by atoms with van der Waals surface area (Å²) in [6.45, 7) is 2.39. The molecule has 3 unspecified atom stereocenters. The van der Waals surface area contributed by atoms with Gasteiger partial charge in [0.15, 0.2) is 0 Å². The summed E-state index contributed by atoms with van der Waals surface area (Å²) in [5.74, 6) is 1.16. The second-order valence-electron chi connectivity index (χ2n) is 4.00. The SMILES string of the molecule is CCC1CC2CCCC(C2)[I-]1. The molecule has 2 aliphatic rings. The van der Waals surface area contributed by atoms with Crippen LogP contribution in [0.15, 0.2) is 0 Å². The molecule has 0 spiro atoms. The number of hydrogen-bond donors (Lipinski definition) is 0. The van der Waals surface area contributed by atoms with E-state index in [0.717, 1.165) is 5.92 Å². The zero-order valence-corrected chi connectivity index (χ0v) is 9.51. The Balaban J connectivity index is 1.94. The number of rotatable bonds is 1. The third kappa shape index (κ3) is 1.90. The van der Waals surface area contributed by atoms with E-state index in [9.17, 15) is 0 Å². The van der Waals surface area contributed by atoms with E-state index in [1.165, 1.54) is 14.3 Å². The molecule has 0 nitrogen and oxygen atoms in total. The fraction of sp³-hybridized carbons (Fsp3) is 1.00. The molecule has 1 heteroatoms. The third-order valence-corrected chi connectivity index (χ3v) is 7.66. The number of fused-ring (bicyclic) bond motifs is 2. The van der Waals surface area contributed by atoms with Gasteiger partial charge >= 0.3 is 80.4 Å². The Hall–Kier alpha value is 0.730. The van der Waals surface area contributed by atoms with Gasteiger partial charge in [0, 0.05) is 0 Å². The zero-order chi connectivity index (χ0) is 7.68. The van der Waals surface area contributed by atoms with Crippen LogP contribution in [-0.2, 0) is 0 Å². The van der Waals surface area contributed by atoms with Crippen molar-refractivity contribution in [2.75, 3.05) is 0 Å². The van der Waals surface area contributed by atoms with Gasteiger partial charge < -0.3 is 0 Å². The third-order valence-electron chi connectivity index (χ3n) is 3.11. The summed E-state index contributed by atoms with van der Waals surface area (Å²) in [4.78, 5) is 0. The van der Waals surface area contributed by atoms with Gasteiger partial charge in [-0.2, -0.15) is 0 Å². The normalized spacial score (nSPS) is 44.6. The van der Waals surface area contributed by atoms with Crippen molar-refractivity contribution in [2.45, 2.75) is 53.3 Å². The molecule has 2 bridgehead atoms. The molecule has 2 fully saturated rings. The Morgan fingerprint density at radius 3 is 2.91 bits per heavy atom. The van der Waals surface area contributed by atoms with Crippen LogP contribution in [-0.4, -0.2) is 7.85 Å². The van der Waals surface area contributed by atoms with Gasteiger partial charge in [0.1, 0.15) is 0 Å². The molecule has 66 valence electrons. The van der Waals surface area contributed by atoms with Crippen LogP contribution in [0.3, 0.4) is 0 Å². The predicted octanol–water partition coefficient (Wildman–Crippen LogP) is -0.183. The van der Waals surface area contributed by atoms with Gasteiger partial charge in [-0.25, -0.2) is 0 Å². The summed E-state index contributed by atoms with van der Waals surface area (Å²) >= 11 is 0.607. The topological polar surface area (TPSA) is 0 Å². The molecule has 0 radical (unpaired) electrons. The van der Waals surface area contributed by atoms with Crippen LogP contribution in [0.1, 0.15) is 45.4 Å². The number of hydrogen-bond acceptors (Lipinski definition) is 0. The molecule has 1 saturated carbocycles. The van der Waals surface area contributed by atoms with E-state index in [0.29, 0.717) is 21.2 Å². The molecular formula is C10H18I-. The first-order valence-electron chi connectivity index (χ1n) is 5.00. The Kier molecular flexibility index (Phi) is 2.75. The molecule has 0 aromatic heterocycles. The first-order chi connectivity index (χ1) is 5.38. The maximum atomic E-state index is 2.39.